The maximum Gasteiger partial charge on any atom is 0.255 e. The van der Waals surface area contributed by atoms with Gasteiger partial charge in [-0.1, -0.05) is 24.3 Å². The molecule has 2 aromatic rings. The number of nitrogens with one attached hydrogen (secondary N) is 1. The molecule has 0 spiro atoms. The molecule has 2 saturated heterocycles. The number of likely N-dealkylation sites (tertiary alicyclic amines) is 1. The van der Waals surface area contributed by atoms with E-state index in [4.69, 9.17) is 10.5 Å². The van der Waals surface area contributed by atoms with Crippen LogP contribution in [0.25, 0.3) is 11.1 Å². The van der Waals surface area contributed by atoms with Crippen LogP contribution < -0.4 is 11.1 Å². The van der Waals surface area contributed by atoms with Crippen LogP contribution in [0.2, 0.25) is 0 Å². The van der Waals surface area contributed by atoms with E-state index in [0.717, 1.165) is 68.9 Å². The molecule has 1 aromatic carbocycles. The molecule has 5 fully saturated rings. The van der Waals surface area contributed by atoms with Crippen molar-refractivity contribution in [1.82, 2.24) is 15.2 Å². The van der Waals surface area contributed by atoms with Gasteiger partial charge in [0.1, 0.15) is 5.82 Å². The first-order chi connectivity index (χ1) is 18.0. The number of ether oxygens (including phenoxy) is 1. The molecule has 4 N–H and O–H groups in total. The monoisotopic (exact) mass is 502 g/mol. The second-order valence-electron chi connectivity index (χ2n) is 12.4. The Morgan fingerprint density at radius 1 is 1.14 bits per heavy atom. The molecule has 3 saturated carbocycles. The van der Waals surface area contributed by atoms with Gasteiger partial charge in [0.25, 0.3) is 5.91 Å². The van der Waals surface area contributed by atoms with Gasteiger partial charge in [0.05, 0.1) is 5.56 Å². The summed E-state index contributed by atoms with van der Waals surface area (Å²) < 4.78 is 5.60. The van der Waals surface area contributed by atoms with Gasteiger partial charge in [0, 0.05) is 61.7 Å². The molecule has 7 nitrogen and oxygen atoms in total. The van der Waals surface area contributed by atoms with Crippen LogP contribution in [0.1, 0.15) is 60.9 Å². The Kier molecular flexibility index (Phi) is 5.61. The predicted molar refractivity (Wildman–Crippen MR) is 142 cm³/mol. The number of pyridine rings is 1. The molecule has 2 aliphatic heterocycles. The summed E-state index contributed by atoms with van der Waals surface area (Å²) in [5.41, 5.74) is 10.1. The number of carbonyl (C=O) groups excluding carboxylic acids is 1. The Morgan fingerprint density at radius 3 is 2.65 bits per heavy atom. The summed E-state index contributed by atoms with van der Waals surface area (Å²) in [7, 11) is 0. The van der Waals surface area contributed by atoms with E-state index in [-0.39, 0.29) is 35.2 Å². The minimum Gasteiger partial charge on any atom is -0.396 e. The maximum absolute atomic E-state index is 13.2. The Morgan fingerprint density at radius 2 is 1.95 bits per heavy atom. The number of benzene rings is 1. The molecule has 5 atom stereocenters. The first-order valence-corrected chi connectivity index (χ1v) is 14.1. The third-order valence-electron chi connectivity index (χ3n) is 10.4. The Balaban J connectivity index is 1.08. The molecular weight excluding hydrogens is 464 g/mol. The first-order valence-electron chi connectivity index (χ1n) is 14.1. The molecule has 37 heavy (non-hydrogen) atoms. The summed E-state index contributed by atoms with van der Waals surface area (Å²) in [6.45, 7) is 4.37. The number of rotatable bonds is 6. The van der Waals surface area contributed by atoms with Crippen molar-refractivity contribution in [1.29, 1.82) is 0 Å². The van der Waals surface area contributed by atoms with Crippen molar-refractivity contribution in [3.8, 4) is 11.1 Å². The van der Waals surface area contributed by atoms with E-state index in [0.29, 0.717) is 17.5 Å². The first kappa shape index (κ1) is 23.6. The molecule has 3 unspecified atom stereocenters. The van der Waals surface area contributed by atoms with E-state index < -0.39 is 0 Å². The van der Waals surface area contributed by atoms with Crippen LogP contribution in [0.4, 0.5) is 5.82 Å². The van der Waals surface area contributed by atoms with Gasteiger partial charge in [-0.05, 0) is 79.9 Å². The summed E-state index contributed by atoms with van der Waals surface area (Å²) in [4.78, 5) is 20.3. The number of hydrogen-bond donors (Lipinski definition) is 3. The summed E-state index contributed by atoms with van der Waals surface area (Å²) >= 11 is 0. The van der Waals surface area contributed by atoms with Crippen molar-refractivity contribution in [3.05, 3.63) is 47.7 Å². The van der Waals surface area contributed by atoms with E-state index in [1.165, 1.54) is 24.9 Å². The van der Waals surface area contributed by atoms with Gasteiger partial charge in [-0.3, -0.25) is 9.69 Å². The minimum atomic E-state index is -0.160. The second-order valence-corrected chi connectivity index (χ2v) is 12.4. The number of aliphatic hydroxyl groups is 1. The Bertz CT molecular complexity index is 1200. The van der Waals surface area contributed by atoms with Crippen molar-refractivity contribution in [3.63, 3.8) is 0 Å². The fourth-order valence-electron chi connectivity index (χ4n) is 8.07. The van der Waals surface area contributed by atoms with E-state index in [2.05, 4.69) is 39.5 Å². The van der Waals surface area contributed by atoms with Gasteiger partial charge in [-0.2, -0.15) is 0 Å². The predicted octanol–water partition coefficient (Wildman–Crippen LogP) is 3.36. The fourth-order valence-corrected chi connectivity index (χ4v) is 8.07. The lowest BCUT2D eigenvalue weighted by Crippen LogP contribution is -2.44. The zero-order valence-corrected chi connectivity index (χ0v) is 21.5. The highest BCUT2D eigenvalue weighted by Gasteiger charge is 2.61. The van der Waals surface area contributed by atoms with Crippen LogP contribution in [0.5, 0.6) is 0 Å². The number of nitrogen functional groups attached to an aromatic ring is 1. The third kappa shape index (κ3) is 3.89. The average molecular weight is 503 g/mol. The minimum absolute atomic E-state index is 0.153. The zero-order valence-electron chi connectivity index (χ0n) is 21.5. The molecule has 7 rings (SSSR count). The number of amides is 1. The van der Waals surface area contributed by atoms with Gasteiger partial charge in [-0.25, -0.2) is 4.98 Å². The third-order valence-corrected chi connectivity index (χ3v) is 10.4. The topological polar surface area (TPSA) is 101 Å². The maximum atomic E-state index is 13.2. The molecule has 7 heteroatoms. The lowest BCUT2D eigenvalue weighted by molar-refractivity contribution is 0.0406. The van der Waals surface area contributed by atoms with Crippen LogP contribution in [0.15, 0.2) is 36.5 Å². The molecule has 0 radical (unpaired) electrons. The summed E-state index contributed by atoms with van der Waals surface area (Å²) in [5.74, 6) is 1.63. The number of carbonyl (C=O) groups is 1. The number of anilines is 1. The smallest absolute Gasteiger partial charge is 0.255 e. The number of nitrogens with two attached hydrogens (primary N) is 1. The quantitative estimate of drug-likeness (QED) is 0.560. The Hall–Kier alpha value is -2.48. The van der Waals surface area contributed by atoms with E-state index in [1.807, 2.05) is 6.07 Å². The van der Waals surface area contributed by atoms with Gasteiger partial charge < -0.3 is 20.9 Å². The molecule has 196 valence electrons. The average Bonchev–Trinajstić information content (AvgIpc) is 3.34. The van der Waals surface area contributed by atoms with Crippen LogP contribution in [-0.4, -0.2) is 65.4 Å². The SMILES string of the molecule is Nc1ncc(-c2ccc([C@@]34CC[C@@H]3CN(C3CCOCC3)C4)cc2)cc1C(=O)NC12CC(CO)CC1C2. The van der Waals surface area contributed by atoms with E-state index in [1.54, 1.807) is 6.20 Å². The van der Waals surface area contributed by atoms with Crippen LogP contribution in [0, 0.1) is 17.8 Å². The van der Waals surface area contributed by atoms with Crippen LogP contribution in [0.3, 0.4) is 0 Å². The molecule has 3 heterocycles. The molecular formula is C30H38N4O3. The molecule has 0 bridgehead atoms. The normalized spacial score (nSPS) is 35.0. The number of aliphatic hydroxyl groups excluding tert-OH is 1. The fraction of sp³-hybridized carbons (Fsp3) is 0.600. The summed E-state index contributed by atoms with van der Waals surface area (Å²) in [6, 6.07) is 11.5. The molecule has 3 aliphatic carbocycles. The lowest BCUT2D eigenvalue weighted by Gasteiger charge is -2.45. The summed E-state index contributed by atoms with van der Waals surface area (Å²) in [5, 5.41) is 12.8. The van der Waals surface area contributed by atoms with E-state index >= 15 is 0 Å². The van der Waals surface area contributed by atoms with Crippen molar-refractivity contribution >= 4 is 11.7 Å². The van der Waals surface area contributed by atoms with Crippen molar-refractivity contribution < 1.29 is 14.6 Å². The van der Waals surface area contributed by atoms with Crippen LogP contribution >= 0.6 is 0 Å². The highest BCUT2D eigenvalue weighted by atomic mass is 16.5. The van der Waals surface area contributed by atoms with Crippen LogP contribution in [-0.2, 0) is 10.2 Å². The van der Waals surface area contributed by atoms with Crippen molar-refractivity contribution in [2.75, 3.05) is 38.6 Å². The van der Waals surface area contributed by atoms with Crippen molar-refractivity contribution in [2.45, 2.75) is 61.9 Å². The highest BCUT2D eigenvalue weighted by molar-refractivity contribution is 6.00. The standard InChI is InChI=1S/C30H38N4O3/c31-27-26(28(36)33-30-13-19(17-35)11-24(30)14-30)12-21(15-32-27)20-1-3-22(4-2-20)29-8-5-23(29)16-34(18-29)25-6-9-37-10-7-25/h1-4,12,15,19,23-25,35H,5-11,13-14,16-18H2,(H2,31,32)(H,33,36)/t19?,23-,24?,29+,30?/m1/s1. The van der Waals surface area contributed by atoms with Gasteiger partial charge in [0.15, 0.2) is 0 Å². The number of fused-ring (bicyclic) bond motifs is 2. The molecule has 1 aromatic heterocycles. The van der Waals surface area contributed by atoms with Crippen molar-refractivity contribution in [2.24, 2.45) is 17.8 Å². The molecule has 1 amide bonds. The largest absolute Gasteiger partial charge is 0.396 e. The highest BCUT2D eigenvalue weighted by Crippen LogP contribution is 2.58. The summed E-state index contributed by atoms with van der Waals surface area (Å²) in [6.07, 6.45) is 9.52. The number of nitrogens with zero attached hydrogens (tertiary/aromatic N) is 2. The lowest BCUT2D eigenvalue weighted by atomic mass is 9.58. The number of aromatic nitrogens is 1. The van der Waals surface area contributed by atoms with E-state index in [9.17, 15) is 9.90 Å². The molecule has 5 aliphatic rings. The van der Waals surface area contributed by atoms with Gasteiger partial charge >= 0.3 is 0 Å². The van der Waals surface area contributed by atoms with Gasteiger partial charge in [0.2, 0.25) is 0 Å². The van der Waals surface area contributed by atoms with Gasteiger partial charge in [-0.15, -0.1) is 0 Å². The Labute approximate surface area is 218 Å². The zero-order chi connectivity index (χ0) is 25.2. The number of hydrogen-bond acceptors (Lipinski definition) is 6. The second kappa shape index (κ2) is 8.79.